The van der Waals surface area contributed by atoms with Crippen LogP contribution in [0.3, 0.4) is 0 Å². The Bertz CT molecular complexity index is 277. The molecule has 1 rings (SSSR count). The van der Waals surface area contributed by atoms with E-state index in [1.165, 1.54) is 0 Å². The van der Waals surface area contributed by atoms with E-state index < -0.39 is 5.60 Å². The van der Waals surface area contributed by atoms with Gasteiger partial charge in [-0.2, -0.15) is 0 Å². The van der Waals surface area contributed by atoms with E-state index in [2.05, 4.69) is 29.8 Å². The molecule has 0 spiro atoms. The monoisotopic (exact) mass is 276 g/mol. The highest BCUT2D eigenvalue weighted by Crippen LogP contribution is 2.39. The van der Waals surface area contributed by atoms with E-state index in [0.29, 0.717) is 0 Å². The Balaban J connectivity index is 2.92. The van der Waals surface area contributed by atoms with E-state index in [1.807, 2.05) is 11.4 Å². The lowest BCUT2D eigenvalue weighted by atomic mass is 9.91. The molecule has 0 radical (unpaired) electrons. The first-order valence-electron chi connectivity index (χ1n) is 5.10. The van der Waals surface area contributed by atoms with Gasteiger partial charge in [0.2, 0.25) is 0 Å². The van der Waals surface area contributed by atoms with Gasteiger partial charge < -0.3 is 5.11 Å². The summed E-state index contributed by atoms with van der Waals surface area (Å²) in [5.74, 6) is 0. The van der Waals surface area contributed by atoms with Crippen LogP contribution in [-0.2, 0) is 5.60 Å². The van der Waals surface area contributed by atoms with Crippen LogP contribution in [-0.4, -0.2) is 5.11 Å². The molecule has 0 bridgehead atoms. The Morgan fingerprint density at radius 1 is 1.36 bits per heavy atom. The maximum Gasteiger partial charge on any atom is 0.0999 e. The molecule has 0 fully saturated rings. The lowest BCUT2D eigenvalue weighted by Crippen LogP contribution is -2.24. The van der Waals surface area contributed by atoms with Gasteiger partial charge in [-0.25, -0.2) is 0 Å². The van der Waals surface area contributed by atoms with Gasteiger partial charge in [0.15, 0.2) is 0 Å². The third-order valence-corrected chi connectivity index (χ3v) is 4.40. The summed E-state index contributed by atoms with van der Waals surface area (Å²) in [7, 11) is 0. The second-order valence-electron chi connectivity index (χ2n) is 3.63. The number of rotatable bonds is 5. The first kappa shape index (κ1) is 12.2. The number of thiophene rings is 1. The molecule has 0 saturated carbocycles. The molecule has 0 amide bonds. The number of halogens is 1. The van der Waals surface area contributed by atoms with Crippen LogP contribution in [0.5, 0.6) is 0 Å². The van der Waals surface area contributed by atoms with Crippen molar-refractivity contribution in [1.29, 1.82) is 0 Å². The van der Waals surface area contributed by atoms with Crippen molar-refractivity contribution < 1.29 is 5.11 Å². The van der Waals surface area contributed by atoms with Crippen LogP contribution < -0.4 is 0 Å². The first-order chi connectivity index (χ1) is 6.64. The summed E-state index contributed by atoms with van der Waals surface area (Å²) < 4.78 is 1.05. The summed E-state index contributed by atoms with van der Waals surface area (Å²) in [5, 5.41) is 12.6. The minimum atomic E-state index is -0.615. The lowest BCUT2D eigenvalue weighted by Gasteiger charge is -2.26. The van der Waals surface area contributed by atoms with Crippen molar-refractivity contribution in [3.05, 3.63) is 20.8 Å². The Kier molecular flexibility index (Phi) is 4.61. The van der Waals surface area contributed by atoms with Crippen LogP contribution in [0.15, 0.2) is 15.9 Å². The molecule has 1 N–H and O–H groups in total. The zero-order chi connectivity index (χ0) is 10.6. The highest BCUT2D eigenvalue weighted by Gasteiger charge is 2.30. The summed E-state index contributed by atoms with van der Waals surface area (Å²) in [6.07, 6.45) is 3.72. The van der Waals surface area contributed by atoms with Crippen LogP contribution in [0.25, 0.3) is 0 Å². The van der Waals surface area contributed by atoms with Crippen molar-refractivity contribution in [3.63, 3.8) is 0 Å². The zero-order valence-electron chi connectivity index (χ0n) is 8.72. The largest absolute Gasteiger partial charge is 0.384 e. The molecule has 0 aliphatic rings. The van der Waals surface area contributed by atoms with Crippen LogP contribution in [0, 0.1) is 0 Å². The van der Waals surface area contributed by atoms with E-state index in [1.54, 1.807) is 11.3 Å². The van der Waals surface area contributed by atoms with Gasteiger partial charge in [0.1, 0.15) is 0 Å². The number of hydrogen-bond donors (Lipinski definition) is 1. The van der Waals surface area contributed by atoms with Crippen molar-refractivity contribution in [2.75, 3.05) is 0 Å². The van der Waals surface area contributed by atoms with Gasteiger partial charge in [-0.05, 0) is 40.2 Å². The minimum absolute atomic E-state index is 0.615. The average molecular weight is 277 g/mol. The molecule has 0 atom stereocenters. The fourth-order valence-electron chi connectivity index (χ4n) is 1.80. The van der Waals surface area contributed by atoms with Crippen molar-refractivity contribution in [1.82, 2.24) is 0 Å². The third kappa shape index (κ3) is 2.59. The molecule has 0 unspecified atom stereocenters. The number of aliphatic hydroxyl groups is 1. The minimum Gasteiger partial charge on any atom is -0.384 e. The van der Waals surface area contributed by atoms with E-state index in [-0.39, 0.29) is 0 Å². The van der Waals surface area contributed by atoms with Crippen LogP contribution >= 0.6 is 27.3 Å². The molecule has 3 heteroatoms. The molecule has 1 aromatic heterocycles. The van der Waals surface area contributed by atoms with Crippen molar-refractivity contribution in [2.45, 2.75) is 45.1 Å². The zero-order valence-corrected chi connectivity index (χ0v) is 11.1. The van der Waals surface area contributed by atoms with Crippen LogP contribution in [0.4, 0.5) is 0 Å². The molecule has 0 aliphatic heterocycles. The predicted octanol–water partition coefficient (Wildman–Crippen LogP) is 4.30. The molecule has 80 valence electrons. The fourth-order valence-corrected chi connectivity index (χ4v) is 3.71. The molecular weight excluding hydrogens is 260 g/mol. The van der Waals surface area contributed by atoms with Crippen molar-refractivity contribution in [2.24, 2.45) is 0 Å². The summed E-state index contributed by atoms with van der Waals surface area (Å²) in [4.78, 5) is 1.08. The average Bonchev–Trinajstić information content (AvgIpc) is 2.52. The lowest BCUT2D eigenvalue weighted by molar-refractivity contribution is 0.0200. The van der Waals surface area contributed by atoms with Gasteiger partial charge in [-0.1, -0.05) is 26.7 Å². The highest BCUT2D eigenvalue weighted by atomic mass is 79.9. The van der Waals surface area contributed by atoms with Gasteiger partial charge in [0, 0.05) is 4.47 Å². The molecule has 0 aromatic carbocycles. The molecule has 1 nitrogen and oxygen atoms in total. The summed E-state index contributed by atoms with van der Waals surface area (Å²) in [6.45, 7) is 4.23. The predicted molar refractivity (Wildman–Crippen MR) is 65.7 cm³/mol. The molecule has 1 aromatic rings. The van der Waals surface area contributed by atoms with Crippen LogP contribution in [0.1, 0.15) is 44.4 Å². The van der Waals surface area contributed by atoms with Crippen LogP contribution in [0.2, 0.25) is 0 Å². The molecule has 0 saturated heterocycles. The quantitative estimate of drug-likeness (QED) is 0.850. The van der Waals surface area contributed by atoms with Gasteiger partial charge in [0.25, 0.3) is 0 Å². The fraction of sp³-hybridized carbons (Fsp3) is 0.636. The van der Waals surface area contributed by atoms with Crippen molar-refractivity contribution in [3.8, 4) is 0 Å². The van der Waals surface area contributed by atoms with Gasteiger partial charge >= 0.3 is 0 Å². The SMILES string of the molecule is CCCC(O)(CCC)c1sccc1Br. The van der Waals surface area contributed by atoms with Gasteiger partial charge in [-0.15, -0.1) is 11.3 Å². The Morgan fingerprint density at radius 2 is 1.93 bits per heavy atom. The Morgan fingerprint density at radius 3 is 2.29 bits per heavy atom. The van der Waals surface area contributed by atoms with Gasteiger partial charge in [0.05, 0.1) is 10.5 Å². The van der Waals surface area contributed by atoms with E-state index >= 15 is 0 Å². The van der Waals surface area contributed by atoms with E-state index in [4.69, 9.17) is 0 Å². The summed E-state index contributed by atoms with van der Waals surface area (Å²) >= 11 is 5.13. The standard InChI is InChI=1S/C11H17BrOS/c1-3-6-11(13,7-4-2)10-9(12)5-8-14-10/h5,8,13H,3-4,6-7H2,1-2H3. The topological polar surface area (TPSA) is 20.2 Å². The maximum absolute atomic E-state index is 10.5. The second-order valence-corrected chi connectivity index (χ2v) is 5.40. The second kappa shape index (κ2) is 5.29. The molecular formula is C11H17BrOS. The summed E-state index contributed by atoms with van der Waals surface area (Å²) in [6, 6.07) is 2.01. The van der Waals surface area contributed by atoms with Gasteiger partial charge in [-0.3, -0.25) is 0 Å². The third-order valence-electron chi connectivity index (χ3n) is 2.37. The van der Waals surface area contributed by atoms with E-state index in [0.717, 1.165) is 35.0 Å². The van der Waals surface area contributed by atoms with E-state index in [9.17, 15) is 5.11 Å². The smallest absolute Gasteiger partial charge is 0.0999 e. The first-order valence-corrected chi connectivity index (χ1v) is 6.77. The normalized spacial score (nSPS) is 12.0. The maximum atomic E-state index is 10.5. The molecule has 1 heterocycles. The molecule has 0 aliphatic carbocycles. The highest BCUT2D eigenvalue weighted by molar-refractivity contribution is 9.10. The van der Waals surface area contributed by atoms with Crippen molar-refractivity contribution >= 4 is 27.3 Å². The summed E-state index contributed by atoms with van der Waals surface area (Å²) in [5.41, 5.74) is -0.615. The molecule has 14 heavy (non-hydrogen) atoms. The Hall–Kier alpha value is 0.140. The number of hydrogen-bond acceptors (Lipinski definition) is 2. The Labute approximate surface area is 98.3 Å².